The van der Waals surface area contributed by atoms with Gasteiger partial charge < -0.3 is 5.73 Å². The molecule has 2 N–H and O–H groups in total. The van der Waals surface area contributed by atoms with Crippen molar-refractivity contribution in [3.8, 4) is 11.3 Å². The molecule has 3 nitrogen and oxygen atoms in total. The van der Waals surface area contributed by atoms with Crippen molar-refractivity contribution in [3.05, 3.63) is 53.6 Å². The average Bonchev–Trinajstić information content (AvgIpc) is 2.38. The van der Waals surface area contributed by atoms with Crippen molar-refractivity contribution in [2.75, 3.05) is 5.73 Å². The van der Waals surface area contributed by atoms with Gasteiger partial charge in [0, 0.05) is 16.3 Å². The third-order valence-corrected chi connectivity index (χ3v) is 3.21. The molecule has 0 spiro atoms. The summed E-state index contributed by atoms with van der Waals surface area (Å²) >= 11 is 0. The summed E-state index contributed by atoms with van der Waals surface area (Å²) in [4.78, 5) is 0. The summed E-state index contributed by atoms with van der Waals surface area (Å²) in [5, 5.41) is 10.3. The predicted molar refractivity (Wildman–Crippen MR) is 78.9 cm³/mol. The lowest BCUT2D eigenvalue weighted by molar-refractivity contribution is 1.07. The fraction of sp³-hybridized carbons (Fsp3) is 0.125. The monoisotopic (exact) mass is 249 g/mol. The summed E-state index contributed by atoms with van der Waals surface area (Å²) in [6, 6.07) is 14.4. The number of hydrogen-bond donors (Lipinski definition) is 1. The molecule has 0 atom stereocenters. The van der Waals surface area contributed by atoms with Crippen LogP contribution in [-0.4, -0.2) is 10.2 Å². The molecule has 0 saturated heterocycles. The molecule has 0 aliphatic carbocycles. The van der Waals surface area contributed by atoms with Crippen LogP contribution in [-0.2, 0) is 0 Å². The zero-order valence-corrected chi connectivity index (χ0v) is 11.0. The van der Waals surface area contributed by atoms with Gasteiger partial charge in [-0.05, 0) is 26.0 Å². The van der Waals surface area contributed by atoms with Crippen molar-refractivity contribution in [2.24, 2.45) is 0 Å². The van der Waals surface area contributed by atoms with Gasteiger partial charge >= 0.3 is 0 Å². The van der Waals surface area contributed by atoms with Gasteiger partial charge in [0.1, 0.15) is 5.69 Å². The lowest BCUT2D eigenvalue weighted by atomic mass is 10.0. The van der Waals surface area contributed by atoms with E-state index in [1.165, 1.54) is 11.1 Å². The van der Waals surface area contributed by atoms with Gasteiger partial charge in [-0.1, -0.05) is 41.5 Å². The Morgan fingerprint density at radius 1 is 0.842 bits per heavy atom. The van der Waals surface area contributed by atoms with Gasteiger partial charge in [-0.3, -0.25) is 0 Å². The highest BCUT2D eigenvalue weighted by atomic mass is 15.1. The molecule has 0 saturated carbocycles. The number of hydrogen-bond acceptors (Lipinski definition) is 3. The molecular formula is C16H15N3. The molecule has 94 valence electrons. The maximum Gasteiger partial charge on any atom is 0.154 e. The number of nitrogens with two attached hydrogens (primary N) is 1. The average molecular weight is 249 g/mol. The zero-order chi connectivity index (χ0) is 13.4. The summed E-state index contributed by atoms with van der Waals surface area (Å²) in [6.07, 6.45) is 0. The van der Waals surface area contributed by atoms with E-state index in [4.69, 9.17) is 5.73 Å². The molecule has 0 unspecified atom stereocenters. The van der Waals surface area contributed by atoms with Gasteiger partial charge in [0.05, 0.1) is 0 Å². The standard InChI is InChI=1S/C16H15N3/c1-10-7-11(2)9-12(8-10)15-13-5-3-4-6-14(13)16(17)19-18-15/h3-9H,1-2H3,(H2,17,19). The lowest BCUT2D eigenvalue weighted by Crippen LogP contribution is -1.97. The van der Waals surface area contributed by atoms with Crippen molar-refractivity contribution < 1.29 is 0 Å². The molecule has 0 aliphatic rings. The van der Waals surface area contributed by atoms with E-state index in [0.717, 1.165) is 22.0 Å². The molecule has 3 heteroatoms. The van der Waals surface area contributed by atoms with Crippen molar-refractivity contribution in [1.29, 1.82) is 0 Å². The summed E-state index contributed by atoms with van der Waals surface area (Å²) in [5.74, 6) is 0.476. The first-order chi connectivity index (χ1) is 9.15. The Hall–Kier alpha value is -2.42. The summed E-state index contributed by atoms with van der Waals surface area (Å²) in [6.45, 7) is 4.17. The van der Waals surface area contributed by atoms with Gasteiger partial charge in [-0.15, -0.1) is 10.2 Å². The van der Waals surface area contributed by atoms with Crippen LogP contribution in [0.5, 0.6) is 0 Å². The first kappa shape index (κ1) is 11.7. The molecule has 19 heavy (non-hydrogen) atoms. The molecule has 1 aromatic heterocycles. The molecule has 3 aromatic rings. The van der Waals surface area contributed by atoms with Crippen molar-refractivity contribution in [1.82, 2.24) is 10.2 Å². The van der Waals surface area contributed by atoms with E-state index in [-0.39, 0.29) is 0 Å². The lowest BCUT2D eigenvalue weighted by Gasteiger charge is -2.08. The van der Waals surface area contributed by atoms with E-state index in [2.05, 4.69) is 42.2 Å². The summed E-state index contributed by atoms with van der Waals surface area (Å²) < 4.78 is 0. The summed E-state index contributed by atoms with van der Waals surface area (Å²) in [5.41, 5.74) is 10.3. The minimum absolute atomic E-state index is 0.476. The summed E-state index contributed by atoms with van der Waals surface area (Å²) in [7, 11) is 0. The number of benzene rings is 2. The van der Waals surface area contributed by atoms with Crippen LogP contribution in [0.15, 0.2) is 42.5 Å². The van der Waals surface area contributed by atoms with Crippen LogP contribution >= 0.6 is 0 Å². The largest absolute Gasteiger partial charge is 0.382 e. The number of anilines is 1. The first-order valence-electron chi connectivity index (χ1n) is 6.25. The Labute approximate surface area is 112 Å². The Kier molecular flexibility index (Phi) is 2.67. The maximum atomic E-state index is 5.89. The van der Waals surface area contributed by atoms with Crippen LogP contribution in [0, 0.1) is 13.8 Å². The quantitative estimate of drug-likeness (QED) is 0.718. The first-order valence-corrected chi connectivity index (χ1v) is 6.25. The highest BCUT2D eigenvalue weighted by Gasteiger charge is 2.09. The molecule has 0 amide bonds. The number of fused-ring (bicyclic) bond motifs is 1. The Balaban J connectivity index is 2.34. The Morgan fingerprint density at radius 3 is 2.16 bits per heavy atom. The molecule has 3 rings (SSSR count). The molecule has 0 bridgehead atoms. The highest BCUT2D eigenvalue weighted by molar-refractivity contribution is 5.99. The number of aromatic nitrogens is 2. The second-order valence-corrected chi connectivity index (χ2v) is 4.86. The van der Waals surface area contributed by atoms with Gasteiger partial charge in [-0.25, -0.2) is 0 Å². The van der Waals surface area contributed by atoms with E-state index < -0.39 is 0 Å². The van der Waals surface area contributed by atoms with Crippen molar-refractivity contribution in [3.63, 3.8) is 0 Å². The van der Waals surface area contributed by atoms with Gasteiger partial charge in [0.15, 0.2) is 5.82 Å². The molecule has 0 radical (unpaired) electrons. The van der Waals surface area contributed by atoms with E-state index in [0.29, 0.717) is 5.82 Å². The predicted octanol–water partition coefficient (Wildman–Crippen LogP) is 3.50. The second-order valence-electron chi connectivity index (χ2n) is 4.86. The molecule has 0 aliphatic heterocycles. The van der Waals surface area contributed by atoms with Crippen LogP contribution < -0.4 is 5.73 Å². The number of nitrogens with zero attached hydrogens (tertiary/aromatic N) is 2. The third-order valence-electron chi connectivity index (χ3n) is 3.21. The van der Waals surface area contributed by atoms with E-state index >= 15 is 0 Å². The van der Waals surface area contributed by atoms with Crippen LogP contribution in [0.4, 0.5) is 5.82 Å². The maximum absolute atomic E-state index is 5.89. The van der Waals surface area contributed by atoms with Gasteiger partial charge in [-0.2, -0.15) is 0 Å². The van der Waals surface area contributed by atoms with Crippen LogP contribution in [0.2, 0.25) is 0 Å². The smallest absolute Gasteiger partial charge is 0.154 e. The fourth-order valence-electron chi connectivity index (χ4n) is 2.45. The molecular weight excluding hydrogens is 234 g/mol. The fourth-order valence-corrected chi connectivity index (χ4v) is 2.45. The van der Waals surface area contributed by atoms with E-state index in [1.54, 1.807) is 0 Å². The van der Waals surface area contributed by atoms with Crippen LogP contribution in [0.1, 0.15) is 11.1 Å². The van der Waals surface area contributed by atoms with Crippen LogP contribution in [0.3, 0.4) is 0 Å². The molecule has 0 fully saturated rings. The topological polar surface area (TPSA) is 51.8 Å². The van der Waals surface area contributed by atoms with Gasteiger partial charge in [0.25, 0.3) is 0 Å². The number of nitrogen functional groups attached to an aromatic ring is 1. The second kappa shape index (κ2) is 4.35. The SMILES string of the molecule is Cc1cc(C)cc(-c2nnc(N)c3ccccc23)c1. The number of rotatable bonds is 1. The van der Waals surface area contributed by atoms with E-state index in [9.17, 15) is 0 Å². The van der Waals surface area contributed by atoms with Crippen molar-refractivity contribution in [2.45, 2.75) is 13.8 Å². The third kappa shape index (κ3) is 2.03. The number of aryl methyl sites for hydroxylation is 2. The highest BCUT2D eigenvalue weighted by Crippen LogP contribution is 2.29. The Morgan fingerprint density at radius 2 is 1.47 bits per heavy atom. The zero-order valence-electron chi connectivity index (χ0n) is 11.0. The van der Waals surface area contributed by atoms with Gasteiger partial charge in [0.2, 0.25) is 0 Å². The minimum Gasteiger partial charge on any atom is -0.382 e. The minimum atomic E-state index is 0.476. The normalized spacial score (nSPS) is 10.8. The van der Waals surface area contributed by atoms with Crippen molar-refractivity contribution >= 4 is 16.6 Å². The van der Waals surface area contributed by atoms with Crippen LogP contribution in [0.25, 0.3) is 22.0 Å². The molecule has 2 aromatic carbocycles. The Bertz CT molecular complexity index is 743. The van der Waals surface area contributed by atoms with E-state index in [1.807, 2.05) is 24.3 Å². The molecule has 1 heterocycles.